The van der Waals surface area contributed by atoms with Crippen LogP contribution in [0.2, 0.25) is 0 Å². The number of aromatic nitrogens is 4. The Morgan fingerprint density at radius 1 is 1.09 bits per heavy atom. The summed E-state index contributed by atoms with van der Waals surface area (Å²) in [4.78, 5) is 16.8. The molecule has 4 aromatic rings. The first kappa shape index (κ1) is 22.2. The average molecular weight is 476 g/mol. The topological polar surface area (TPSA) is 95.1 Å². The molecular formula is C25H25N5O3S. The molecule has 3 aromatic heterocycles. The maximum Gasteiger partial charge on any atom is 0.230 e. The lowest BCUT2D eigenvalue weighted by atomic mass is 10.2. The van der Waals surface area contributed by atoms with Gasteiger partial charge in [-0.1, -0.05) is 48.2 Å². The molecule has 9 heteroatoms. The van der Waals surface area contributed by atoms with Gasteiger partial charge in [0.25, 0.3) is 0 Å². The Morgan fingerprint density at radius 2 is 1.97 bits per heavy atom. The van der Waals surface area contributed by atoms with E-state index >= 15 is 0 Å². The Balaban J connectivity index is 1.17. The first-order chi connectivity index (χ1) is 16.7. The third-order valence-electron chi connectivity index (χ3n) is 5.43. The van der Waals surface area contributed by atoms with Crippen molar-refractivity contribution in [1.29, 1.82) is 0 Å². The molecule has 1 aromatic carbocycles. The summed E-state index contributed by atoms with van der Waals surface area (Å²) in [5.41, 5.74) is 2.03. The number of hydrogen-bond donors (Lipinski definition) is 1. The molecule has 5 rings (SSSR count). The van der Waals surface area contributed by atoms with E-state index in [4.69, 9.17) is 9.15 Å². The van der Waals surface area contributed by atoms with Crippen LogP contribution in [0.4, 0.5) is 0 Å². The molecule has 0 saturated heterocycles. The van der Waals surface area contributed by atoms with Gasteiger partial charge in [-0.3, -0.25) is 9.36 Å². The molecule has 0 spiro atoms. The molecule has 1 amide bonds. The first-order valence-electron chi connectivity index (χ1n) is 11.2. The van der Waals surface area contributed by atoms with E-state index < -0.39 is 0 Å². The number of rotatable bonds is 11. The molecular weight excluding hydrogens is 450 g/mol. The third-order valence-corrected chi connectivity index (χ3v) is 6.39. The van der Waals surface area contributed by atoms with E-state index in [0.29, 0.717) is 41.6 Å². The first-order valence-corrected chi connectivity index (χ1v) is 12.2. The van der Waals surface area contributed by atoms with Crippen molar-refractivity contribution in [3.05, 3.63) is 78.2 Å². The minimum atomic E-state index is -0.0899. The molecule has 0 radical (unpaired) electrons. The van der Waals surface area contributed by atoms with Gasteiger partial charge in [0, 0.05) is 18.8 Å². The number of carbonyl (C=O) groups excluding carboxylic acids is 1. The van der Waals surface area contributed by atoms with Crippen molar-refractivity contribution in [3.8, 4) is 17.5 Å². The smallest absolute Gasteiger partial charge is 0.230 e. The molecule has 0 atom stereocenters. The predicted octanol–water partition coefficient (Wildman–Crippen LogP) is 4.18. The highest BCUT2D eigenvalue weighted by atomic mass is 32.2. The van der Waals surface area contributed by atoms with Crippen LogP contribution in [0, 0.1) is 5.92 Å². The van der Waals surface area contributed by atoms with E-state index in [2.05, 4.69) is 20.5 Å². The van der Waals surface area contributed by atoms with Crippen molar-refractivity contribution in [1.82, 2.24) is 25.1 Å². The second-order valence-electron chi connectivity index (χ2n) is 8.18. The lowest BCUT2D eigenvalue weighted by molar-refractivity contribution is -0.118. The van der Waals surface area contributed by atoms with Crippen LogP contribution in [0.15, 0.2) is 76.6 Å². The Labute approximate surface area is 201 Å². The number of thioether (sulfide) groups is 1. The van der Waals surface area contributed by atoms with Crippen molar-refractivity contribution in [2.75, 3.05) is 12.4 Å². The zero-order valence-corrected chi connectivity index (χ0v) is 19.4. The number of carbonyl (C=O) groups is 1. The number of ether oxygens (including phenoxy) is 1. The highest BCUT2D eigenvalue weighted by Gasteiger charge is 2.22. The quantitative estimate of drug-likeness (QED) is 0.325. The maximum absolute atomic E-state index is 12.5. The highest BCUT2D eigenvalue weighted by molar-refractivity contribution is 7.99. The van der Waals surface area contributed by atoms with E-state index in [9.17, 15) is 4.79 Å². The molecule has 3 heterocycles. The molecule has 1 aliphatic rings. The van der Waals surface area contributed by atoms with Crippen molar-refractivity contribution in [2.24, 2.45) is 5.92 Å². The average Bonchev–Trinajstić information content (AvgIpc) is 3.38. The van der Waals surface area contributed by atoms with Gasteiger partial charge in [0.1, 0.15) is 0 Å². The molecule has 0 aliphatic heterocycles. The Bertz CT molecular complexity index is 1210. The van der Waals surface area contributed by atoms with Crippen LogP contribution in [0.1, 0.15) is 24.0 Å². The Morgan fingerprint density at radius 3 is 2.71 bits per heavy atom. The molecule has 1 fully saturated rings. The summed E-state index contributed by atoms with van der Waals surface area (Å²) in [5, 5.41) is 12.2. The molecule has 1 N–H and O–H groups in total. The van der Waals surface area contributed by atoms with Gasteiger partial charge >= 0.3 is 0 Å². The summed E-state index contributed by atoms with van der Waals surface area (Å²) in [5.74, 6) is 2.72. The lowest BCUT2D eigenvalue weighted by Crippen LogP contribution is -2.24. The number of amides is 1. The SMILES string of the molecule is O=C(CSc1nnc(-c2ccco2)n1Cc1ccccc1)NCc1ccc(OCC2CC2)nc1. The number of nitrogens with one attached hydrogen (secondary N) is 1. The zero-order chi connectivity index (χ0) is 23.2. The van der Waals surface area contributed by atoms with Crippen LogP contribution in [0.3, 0.4) is 0 Å². The van der Waals surface area contributed by atoms with Gasteiger partial charge in [-0.05, 0) is 42.0 Å². The number of benzene rings is 1. The normalized spacial score (nSPS) is 13.1. The van der Waals surface area contributed by atoms with E-state index in [-0.39, 0.29) is 11.7 Å². The standard InChI is InChI=1S/C25H25N5O3S/c31-22(26-13-20-10-11-23(27-14-20)33-16-19-8-9-19)17-34-25-29-28-24(21-7-4-12-32-21)30(25)15-18-5-2-1-3-6-18/h1-7,10-12,14,19H,8-9,13,15-17H2,(H,26,31). The van der Waals surface area contributed by atoms with Gasteiger partial charge < -0.3 is 14.5 Å². The maximum atomic E-state index is 12.5. The van der Waals surface area contributed by atoms with Crippen LogP contribution in [-0.2, 0) is 17.9 Å². The van der Waals surface area contributed by atoms with Crippen molar-refractivity contribution >= 4 is 17.7 Å². The van der Waals surface area contributed by atoms with Crippen molar-refractivity contribution < 1.29 is 13.9 Å². The van der Waals surface area contributed by atoms with Crippen LogP contribution < -0.4 is 10.1 Å². The molecule has 1 saturated carbocycles. The van der Waals surface area contributed by atoms with Crippen LogP contribution in [0.5, 0.6) is 5.88 Å². The largest absolute Gasteiger partial charge is 0.477 e. The molecule has 8 nitrogen and oxygen atoms in total. The molecule has 34 heavy (non-hydrogen) atoms. The fraction of sp³-hybridized carbons (Fsp3) is 0.280. The second-order valence-corrected chi connectivity index (χ2v) is 9.12. The minimum Gasteiger partial charge on any atom is -0.477 e. The number of furan rings is 1. The van der Waals surface area contributed by atoms with Gasteiger partial charge in [0.05, 0.1) is 25.2 Å². The van der Waals surface area contributed by atoms with Gasteiger partial charge in [-0.15, -0.1) is 10.2 Å². The molecule has 174 valence electrons. The van der Waals surface area contributed by atoms with Crippen molar-refractivity contribution in [3.63, 3.8) is 0 Å². The predicted molar refractivity (Wildman–Crippen MR) is 128 cm³/mol. The second kappa shape index (κ2) is 10.6. The fourth-order valence-corrected chi connectivity index (χ4v) is 4.13. The molecule has 0 bridgehead atoms. The zero-order valence-electron chi connectivity index (χ0n) is 18.6. The summed E-state index contributed by atoms with van der Waals surface area (Å²) >= 11 is 1.35. The van der Waals surface area contributed by atoms with Gasteiger partial charge in [-0.2, -0.15) is 0 Å². The van der Waals surface area contributed by atoms with Crippen LogP contribution >= 0.6 is 11.8 Å². The fourth-order valence-electron chi connectivity index (χ4n) is 3.36. The van der Waals surface area contributed by atoms with E-state index in [1.165, 1.54) is 24.6 Å². The summed E-state index contributed by atoms with van der Waals surface area (Å²) < 4.78 is 13.2. The van der Waals surface area contributed by atoms with E-state index in [0.717, 1.165) is 17.7 Å². The summed E-state index contributed by atoms with van der Waals surface area (Å²) in [7, 11) is 0. The summed E-state index contributed by atoms with van der Waals surface area (Å²) in [6.07, 6.45) is 5.84. The molecule has 1 aliphatic carbocycles. The monoisotopic (exact) mass is 475 g/mol. The van der Waals surface area contributed by atoms with E-state index in [1.807, 2.05) is 59.2 Å². The lowest BCUT2D eigenvalue weighted by Gasteiger charge is -2.10. The highest BCUT2D eigenvalue weighted by Crippen LogP contribution is 2.29. The van der Waals surface area contributed by atoms with Crippen LogP contribution in [0.25, 0.3) is 11.6 Å². The van der Waals surface area contributed by atoms with Crippen molar-refractivity contribution in [2.45, 2.75) is 31.1 Å². The third kappa shape index (κ3) is 5.85. The van der Waals surface area contributed by atoms with Crippen LogP contribution in [-0.4, -0.2) is 38.0 Å². The van der Waals surface area contributed by atoms with Gasteiger partial charge in [-0.25, -0.2) is 4.98 Å². The molecule has 0 unspecified atom stereocenters. The number of hydrogen-bond acceptors (Lipinski definition) is 7. The van der Waals surface area contributed by atoms with E-state index in [1.54, 1.807) is 12.5 Å². The summed E-state index contributed by atoms with van der Waals surface area (Å²) in [6, 6.07) is 17.5. The Kier molecular flexibility index (Phi) is 6.90. The Hall–Kier alpha value is -3.59. The summed E-state index contributed by atoms with van der Waals surface area (Å²) in [6.45, 7) is 1.72. The number of nitrogens with zero attached hydrogens (tertiary/aromatic N) is 4. The minimum absolute atomic E-state index is 0.0899. The van der Waals surface area contributed by atoms with Gasteiger partial charge in [0.2, 0.25) is 17.6 Å². The van der Waals surface area contributed by atoms with Gasteiger partial charge in [0.15, 0.2) is 10.9 Å². The number of pyridine rings is 1.